The summed E-state index contributed by atoms with van der Waals surface area (Å²) in [5.41, 5.74) is 7.97. The Morgan fingerprint density at radius 3 is 2.60 bits per heavy atom. The number of nitrogens with one attached hydrogen (secondary N) is 1. The van der Waals surface area contributed by atoms with Crippen molar-refractivity contribution in [2.45, 2.75) is 32.7 Å². The molecule has 0 radical (unpaired) electrons. The summed E-state index contributed by atoms with van der Waals surface area (Å²) in [4.78, 5) is 8.90. The molecule has 4 nitrogen and oxygen atoms in total. The summed E-state index contributed by atoms with van der Waals surface area (Å²) >= 11 is 1.62. The predicted octanol–water partition coefficient (Wildman–Crippen LogP) is 3.37. The van der Waals surface area contributed by atoms with E-state index in [0.717, 1.165) is 16.4 Å². The molecule has 2 aromatic rings. The van der Waals surface area contributed by atoms with Gasteiger partial charge in [-0.3, -0.25) is 0 Å². The number of benzene rings is 1. The Bertz CT molecular complexity index is 581. The number of nitrogens with two attached hydrogens (primary N) is 1. The van der Waals surface area contributed by atoms with Crippen LogP contribution in [-0.4, -0.2) is 10.9 Å². The summed E-state index contributed by atoms with van der Waals surface area (Å²) in [5, 5.41) is 6.12. The molecule has 0 aliphatic heterocycles. The van der Waals surface area contributed by atoms with Crippen LogP contribution < -0.4 is 11.1 Å². The SMILES string of the molecule is CC(C)(C)c1csc(CN=C(N)Nc2ccccc2)n1. The molecule has 1 aromatic carbocycles. The molecule has 0 saturated heterocycles. The predicted molar refractivity (Wildman–Crippen MR) is 86.2 cm³/mol. The zero-order valence-electron chi connectivity index (χ0n) is 12.1. The van der Waals surface area contributed by atoms with Crippen LogP contribution in [0.15, 0.2) is 40.7 Å². The highest BCUT2D eigenvalue weighted by Gasteiger charge is 2.17. The number of thiazole rings is 1. The van der Waals surface area contributed by atoms with E-state index in [1.807, 2.05) is 30.3 Å². The summed E-state index contributed by atoms with van der Waals surface area (Å²) in [6.07, 6.45) is 0. The number of rotatable bonds is 3. The molecule has 0 fully saturated rings. The Morgan fingerprint density at radius 2 is 2.00 bits per heavy atom. The summed E-state index contributed by atoms with van der Waals surface area (Å²) in [6, 6.07) is 9.76. The molecule has 0 spiro atoms. The van der Waals surface area contributed by atoms with E-state index in [0.29, 0.717) is 12.5 Å². The van der Waals surface area contributed by atoms with Crippen LogP contribution >= 0.6 is 11.3 Å². The van der Waals surface area contributed by atoms with Crippen molar-refractivity contribution < 1.29 is 0 Å². The molecule has 106 valence electrons. The van der Waals surface area contributed by atoms with Crippen LogP contribution in [0.25, 0.3) is 0 Å². The maximum Gasteiger partial charge on any atom is 0.193 e. The molecule has 1 heterocycles. The van der Waals surface area contributed by atoms with Crippen LogP contribution in [0, 0.1) is 0 Å². The zero-order chi connectivity index (χ0) is 14.6. The average Bonchev–Trinajstić information content (AvgIpc) is 2.86. The number of aliphatic imine (C=N–C) groups is 1. The van der Waals surface area contributed by atoms with Crippen LogP contribution in [0.2, 0.25) is 0 Å². The first-order valence-corrected chi connectivity index (χ1v) is 7.40. The molecule has 0 saturated carbocycles. The van der Waals surface area contributed by atoms with Gasteiger partial charge in [-0.25, -0.2) is 9.98 Å². The quantitative estimate of drug-likeness (QED) is 0.672. The topological polar surface area (TPSA) is 63.3 Å². The van der Waals surface area contributed by atoms with Gasteiger partial charge in [0.1, 0.15) is 5.01 Å². The van der Waals surface area contributed by atoms with Gasteiger partial charge in [0.15, 0.2) is 5.96 Å². The fourth-order valence-corrected chi connectivity index (χ4v) is 2.53. The van der Waals surface area contributed by atoms with Crippen LogP contribution in [0.1, 0.15) is 31.5 Å². The summed E-state index contributed by atoms with van der Waals surface area (Å²) in [5.74, 6) is 0.406. The van der Waals surface area contributed by atoms with Crippen LogP contribution in [-0.2, 0) is 12.0 Å². The number of para-hydroxylation sites is 1. The van der Waals surface area contributed by atoms with Crippen molar-refractivity contribution in [2.75, 3.05) is 5.32 Å². The molecule has 3 N–H and O–H groups in total. The van der Waals surface area contributed by atoms with E-state index in [-0.39, 0.29) is 5.41 Å². The molecule has 0 aliphatic carbocycles. The maximum atomic E-state index is 5.86. The van der Waals surface area contributed by atoms with Crippen molar-refractivity contribution in [3.05, 3.63) is 46.4 Å². The molecular weight excluding hydrogens is 268 g/mol. The average molecular weight is 288 g/mol. The lowest BCUT2D eigenvalue weighted by Gasteiger charge is -2.14. The second-order valence-electron chi connectivity index (χ2n) is 5.57. The van der Waals surface area contributed by atoms with Crippen LogP contribution in [0.4, 0.5) is 5.69 Å². The van der Waals surface area contributed by atoms with Gasteiger partial charge in [0, 0.05) is 16.5 Å². The normalized spacial score (nSPS) is 12.4. The molecule has 0 atom stereocenters. The molecule has 0 aliphatic rings. The standard InChI is InChI=1S/C15H20N4S/c1-15(2,3)12-10-20-13(19-12)9-17-14(16)18-11-7-5-4-6-8-11/h4-8,10H,9H2,1-3H3,(H3,16,17,18). The van der Waals surface area contributed by atoms with E-state index >= 15 is 0 Å². The number of guanidine groups is 1. The lowest BCUT2D eigenvalue weighted by Crippen LogP contribution is -2.22. The maximum absolute atomic E-state index is 5.86. The highest BCUT2D eigenvalue weighted by atomic mass is 32.1. The van der Waals surface area contributed by atoms with Gasteiger partial charge >= 0.3 is 0 Å². The number of anilines is 1. The number of nitrogens with zero attached hydrogens (tertiary/aromatic N) is 2. The van der Waals surface area contributed by atoms with E-state index in [1.165, 1.54) is 0 Å². The van der Waals surface area contributed by atoms with Crippen LogP contribution in [0.3, 0.4) is 0 Å². The van der Waals surface area contributed by atoms with E-state index in [4.69, 9.17) is 5.73 Å². The Kier molecular flexibility index (Phi) is 4.39. The minimum Gasteiger partial charge on any atom is -0.370 e. The largest absolute Gasteiger partial charge is 0.370 e. The fraction of sp³-hybridized carbons (Fsp3) is 0.333. The third-order valence-corrected chi connectivity index (χ3v) is 3.58. The van der Waals surface area contributed by atoms with E-state index < -0.39 is 0 Å². The first-order chi connectivity index (χ1) is 9.45. The number of hydrogen-bond acceptors (Lipinski definition) is 3. The van der Waals surface area contributed by atoms with E-state index in [2.05, 4.69) is 41.4 Å². The van der Waals surface area contributed by atoms with Gasteiger partial charge in [0.05, 0.1) is 12.2 Å². The lowest BCUT2D eigenvalue weighted by atomic mass is 9.93. The Hall–Kier alpha value is -1.88. The van der Waals surface area contributed by atoms with Crippen molar-refractivity contribution >= 4 is 23.0 Å². The summed E-state index contributed by atoms with van der Waals surface area (Å²) < 4.78 is 0. The second-order valence-corrected chi connectivity index (χ2v) is 6.51. The molecule has 5 heteroatoms. The molecule has 0 amide bonds. The number of hydrogen-bond donors (Lipinski definition) is 2. The highest BCUT2D eigenvalue weighted by Crippen LogP contribution is 2.24. The first kappa shape index (κ1) is 14.5. The van der Waals surface area contributed by atoms with Crippen molar-refractivity contribution in [3.8, 4) is 0 Å². The third-order valence-electron chi connectivity index (χ3n) is 2.75. The van der Waals surface area contributed by atoms with Gasteiger partial charge in [-0.15, -0.1) is 11.3 Å². The first-order valence-electron chi connectivity index (χ1n) is 6.52. The van der Waals surface area contributed by atoms with Crippen molar-refractivity contribution in [1.82, 2.24) is 4.98 Å². The van der Waals surface area contributed by atoms with Crippen molar-refractivity contribution in [3.63, 3.8) is 0 Å². The van der Waals surface area contributed by atoms with Gasteiger partial charge in [0.2, 0.25) is 0 Å². The van der Waals surface area contributed by atoms with Gasteiger partial charge in [-0.05, 0) is 12.1 Å². The Morgan fingerprint density at radius 1 is 1.30 bits per heavy atom. The molecule has 20 heavy (non-hydrogen) atoms. The Balaban J connectivity index is 1.97. The molecule has 0 unspecified atom stereocenters. The molecule has 1 aromatic heterocycles. The van der Waals surface area contributed by atoms with Gasteiger partial charge < -0.3 is 11.1 Å². The smallest absolute Gasteiger partial charge is 0.193 e. The van der Waals surface area contributed by atoms with Gasteiger partial charge in [-0.1, -0.05) is 39.0 Å². The van der Waals surface area contributed by atoms with Crippen molar-refractivity contribution in [2.24, 2.45) is 10.7 Å². The highest BCUT2D eigenvalue weighted by molar-refractivity contribution is 7.09. The number of aromatic nitrogens is 1. The van der Waals surface area contributed by atoms with Gasteiger partial charge in [-0.2, -0.15) is 0 Å². The third kappa shape index (κ3) is 4.06. The fourth-order valence-electron chi connectivity index (χ4n) is 1.59. The van der Waals surface area contributed by atoms with E-state index in [9.17, 15) is 0 Å². The molecular formula is C15H20N4S. The Labute approximate surface area is 123 Å². The monoisotopic (exact) mass is 288 g/mol. The summed E-state index contributed by atoms with van der Waals surface area (Å²) in [6.45, 7) is 6.97. The molecule has 0 bridgehead atoms. The van der Waals surface area contributed by atoms with Gasteiger partial charge in [0.25, 0.3) is 0 Å². The minimum atomic E-state index is 0.0757. The van der Waals surface area contributed by atoms with Crippen molar-refractivity contribution in [1.29, 1.82) is 0 Å². The van der Waals surface area contributed by atoms with Crippen LogP contribution in [0.5, 0.6) is 0 Å². The second kappa shape index (κ2) is 6.05. The lowest BCUT2D eigenvalue weighted by molar-refractivity contribution is 0.571. The van der Waals surface area contributed by atoms with E-state index in [1.54, 1.807) is 11.3 Å². The summed E-state index contributed by atoms with van der Waals surface area (Å²) in [7, 11) is 0. The minimum absolute atomic E-state index is 0.0757. The zero-order valence-corrected chi connectivity index (χ0v) is 12.9. The molecule has 2 rings (SSSR count).